The largest absolute Gasteiger partial charge is 0.338 e. The van der Waals surface area contributed by atoms with Gasteiger partial charge >= 0.3 is 0 Å². The predicted octanol–water partition coefficient (Wildman–Crippen LogP) is 1.20. The van der Waals surface area contributed by atoms with Crippen molar-refractivity contribution >= 4 is 5.91 Å². The summed E-state index contributed by atoms with van der Waals surface area (Å²) in [5, 5.41) is 0. The molecule has 2 N–H and O–H groups in total. The average molecular weight is 253 g/mol. The molecule has 0 bridgehead atoms. The Bertz CT molecular complexity index is 274. The number of amides is 1. The first-order chi connectivity index (χ1) is 8.66. The second-order valence-corrected chi connectivity index (χ2v) is 5.93. The zero-order valence-corrected chi connectivity index (χ0v) is 11.6. The van der Waals surface area contributed by atoms with Crippen LogP contribution < -0.4 is 5.73 Å². The monoisotopic (exact) mass is 253 g/mol. The van der Waals surface area contributed by atoms with E-state index in [1.54, 1.807) is 0 Å². The molecule has 1 amide bonds. The Morgan fingerprint density at radius 1 is 1.22 bits per heavy atom. The topological polar surface area (TPSA) is 49.6 Å². The Hall–Kier alpha value is -0.610. The van der Waals surface area contributed by atoms with E-state index in [-0.39, 0.29) is 11.9 Å². The van der Waals surface area contributed by atoms with E-state index < -0.39 is 0 Å². The van der Waals surface area contributed by atoms with Crippen LogP contribution in [0.1, 0.15) is 45.4 Å². The predicted molar refractivity (Wildman–Crippen MR) is 73.3 cm³/mol. The van der Waals surface area contributed by atoms with Gasteiger partial charge in [-0.1, -0.05) is 6.42 Å². The molecule has 0 spiro atoms. The fraction of sp³-hybridized carbons (Fsp3) is 0.929. The van der Waals surface area contributed by atoms with Crippen molar-refractivity contribution in [1.29, 1.82) is 0 Å². The highest BCUT2D eigenvalue weighted by Gasteiger charge is 2.30. The van der Waals surface area contributed by atoms with E-state index in [9.17, 15) is 4.79 Å². The molecule has 0 aliphatic carbocycles. The van der Waals surface area contributed by atoms with E-state index in [1.807, 2.05) is 6.92 Å². The van der Waals surface area contributed by atoms with Gasteiger partial charge < -0.3 is 15.5 Å². The van der Waals surface area contributed by atoms with Crippen molar-refractivity contribution < 1.29 is 4.79 Å². The standard InChI is InChI=1S/C14H27N3O/c1-12(15)10-14(18)17-9-5-6-13(17)11-16-7-3-2-4-8-16/h12-13H,2-11,15H2,1H3. The van der Waals surface area contributed by atoms with Crippen LogP contribution in [0.2, 0.25) is 0 Å². The smallest absolute Gasteiger partial charge is 0.224 e. The zero-order valence-electron chi connectivity index (χ0n) is 11.6. The average Bonchev–Trinajstić information content (AvgIpc) is 2.77. The van der Waals surface area contributed by atoms with Crippen molar-refractivity contribution in [1.82, 2.24) is 9.80 Å². The van der Waals surface area contributed by atoms with Gasteiger partial charge in [0.1, 0.15) is 0 Å². The summed E-state index contributed by atoms with van der Waals surface area (Å²) < 4.78 is 0. The van der Waals surface area contributed by atoms with Gasteiger partial charge in [0, 0.05) is 31.6 Å². The summed E-state index contributed by atoms with van der Waals surface area (Å²) >= 11 is 0. The number of hydrogen-bond donors (Lipinski definition) is 1. The highest BCUT2D eigenvalue weighted by atomic mass is 16.2. The molecular weight excluding hydrogens is 226 g/mol. The van der Waals surface area contributed by atoms with E-state index in [0.717, 1.165) is 19.5 Å². The number of likely N-dealkylation sites (tertiary alicyclic amines) is 2. The lowest BCUT2D eigenvalue weighted by Gasteiger charge is -2.33. The van der Waals surface area contributed by atoms with E-state index >= 15 is 0 Å². The van der Waals surface area contributed by atoms with Crippen LogP contribution in [-0.2, 0) is 4.79 Å². The summed E-state index contributed by atoms with van der Waals surface area (Å²) in [4.78, 5) is 16.7. The minimum Gasteiger partial charge on any atom is -0.338 e. The van der Waals surface area contributed by atoms with Gasteiger partial charge in [-0.15, -0.1) is 0 Å². The number of carbonyl (C=O) groups excluding carboxylic acids is 1. The number of nitrogens with two attached hydrogens (primary N) is 1. The first kappa shape index (κ1) is 13.8. The Balaban J connectivity index is 1.84. The molecule has 2 aliphatic rings. The minimum absolute atomic E-state index is 0.0197. The molecule has 0 aromatic rings. The maximum absolute atomic E-state index is 12.1. The normalized spacial score (nSPS) is 27.4. The van der Waals surface area contributed by atoms with Crippen molar-refractivity contribution in [3.05, 3.63) is 0 Å². The summed E-state index contributed by atoms with van der Waals surface area (Å²) in [6.45, 7) is 6.35. The van der Waals surface area contributed by atoms with Gasteiger partial charge in [0.15, 0.2) is 0 Å². The first-order valence-corrected chi connectivity index (χ1v) is 7.44. The first-order valence-electron chi connectivity index (χ1n) is 7.44. The van der Waals surface area contributed by atoms with Gasteiger partial charge in [-0.2, -0.15) is 0 Å². The lowest BCUT2D eigenvalue weighted by molar-refractivity contribution is -0.132. The van der Waals surface area contributed by atoms with Crippen molar-refractivity contribution in [2.24, 2.45) is 5.73 Å². The number of hydrogen-bond acceptors (Lipinski definition) is 3. The molecule has 0 aromatic carbocycles. The van der Waals surface area contributed by atoms with Crippen molar-refractivity contribution in [3.8, 4) is 0 Å². The molecule has 18 heavy (non-hydrogen) atoms. The zero-order chi connectivity index (χ0) is 13.0. The van der Waals surface area contributed by atoms with Gasteiger partial charge in [0.2, 0.25) is 5.91 Å². The summed E-state index contributed by atoms with van der Waals surface area (Å²) in [5.41, 5.74) is 5.73. The number of rotatable bonds is 4. The van der Waals surface area contributed by atoms with E-state index in [1.165, 1.54) is 38.8 Å². The molecule has 4 nitrogen and oxygen atoms in total. The molecule has 104 valence electrons. The van der Waals surface area contributed by atoms with Gasteiger partial charge in [-0.25, -0.2) is 0 Å². The lowest BCUT2D eigenvalue weighted by atomic mass is 10.1. The van der Waals surface area contributed by atoms with Crippen LogP contribution in [-0.4, -0.2) is 54.0 Å². The second-order valence-electron chi connectivity index (χ2n) is 5.93. The molecule has 2 unspecified atom stereocenters. The molecule has 2 rings (SSSR count). The molecule has 4 heteroatoms. The summed E-state index contributed by atoms with van der Waals surface area (Å²) in [6.07, 6.45) is 6.83. The molecule has 2 heterocycles. The van der Waals surface area contributed by atoms with Crippen molar-refractivity contribution in [2.45, 2.75) is 57.5 Å². The Morgan fingerprint density at radius 3 is 2.61 bits per heavy atom. The maximum Gasteiger partial charge on any atom is 0.224 e. The van der Waals surface area contributed by atoms with Gasteiger partial charge in [-0.05, 0) is 45.7 Å². The van der Waals surface area contributed by atoms with Crippen LogP contribution in [0.3, 0.4) is 0 Å². The van der Waals surface area contributed by atoms with Crippen LogP contribution >= 0.6 is 0 Å². The second kappa shape index (κ2) is 6.53. The fourth-order valence-electron chi connectivity index (χ4n) is 3.19. The molecule has 0 saturated carbocycles. The lowest BCUT2D eigenvalue weighted by Crippen LogP contribution is -2.45. The van der Waals surface area contributed by atoms with Crippen LogP contribution in [0.5, 0.6) is 0 Å². The third-order valence-electron chi connectivity index (χ3n) is 4.11. The molecule has 0 aromatic heterocycles. The molecule has 0 radical (unpaired) electrons. The highest BCUT2D eigenvalue weighted by molar-refractivity contribution is 5.77. The fourth-order valence-corrected chi connectivity index (χ4v) is 3.19. The maximum atomic E-state index is 12.1. The third kappa shape index (κ3) is 3.69. The Morgan fingerprint density at radius 2 is 1.94 bits per heavy atom. The van der Waals surface area contributed by atoms with E-state index in [2.05, 4.69) is 9.80 Å². The van der Waals surface area contributed by atoms with Crippen molar-refractivity contribution in [2.75, 3.05) is 26.2 Å². The summed E-state index contributed by atoms with van der Waals surface area (Å²) in [6, 6.07) is 0.420. The molecule has 2 atom stereocenters. The van der Waals surface area contributed by atoms with Gasteiger partial charge in [0.05, 0.1) is 0 Å². The Labute approximate surface area is 110 Å². The number of piperidine rings is 1. The van der Waals surface area contributed by atoms with Crippen LogP contribution in [0.15, 0.2) is 0 Å². The Kier molecular flexibility index (Phi) is 5.01. The molecular formula is C14H27N3O. The van der Waals surface area contributed by atoms with E-state index in [0.29, 0.717) is 12.5 Å². The van der Waals surface area contributed by atoms with Crippen LogP contribution in [0, 0.1) is 0 Å². The number of nitrogens with zero attached hydrogens (tertiary/aromatic N) is 2. The van der Waals surface area contributed by atoms with Gasteiger partial charge in [0.25, 0.3) is 0 Å². The number of carbonyl (C=O) groups is 1. The quantitative estimate of drug-likeness (QED) is 0.819. The van der Waals surface area contributed by atoms with Crippen molar-refractivity contribution in [3.63, 3.8) is 0 Å². The third-order valence-corrected chi connectivity index (χ3v) is 4.11. The molecule has 2 saturated heterocycles. The van der Waals surface area contributed by atoms with Crippen LogP contribution in [0.25, 0.3) is 0 Å². The SMILES string of the molecule is CC(N)CC(=O)N1CCCC1CN1CCCCC1. The van der Waals surface area contributed by atoms with Crippen LogP contribution in [0.4, 0.5) is 0 Å². The molecule has 2 fully saturated rings. The summed E-state index contributed by atoms with van der Waals surface area (Å²) in [7, 11) is 0. The van der Waals surface area contributed by atoms with Gasteiger partial charge in [-0.3, -0.25) is 4.79 Å². The molecule has 2 aliphatic heterocycles. The minimum atomic E-state index is -0.0197. The highest BCUT2D eigenvalue weighted by Crippen LogP contribution is 2.21. The summed E-state index contributed by atoms with van der Waals surface area (Å²) in [5.74, 6) is 0.254. The van der Waals surface area contributed by atoms with E-state index in [4.69, 9.17) is 5.73 Å².